The predicted octanol–water partition coefficient (Wildman–Crippen LogP) is 0.865. The lowest BCUT2D eigenvalue weighted by Crippen LogP contribution is -2.23. The minimum Gasteiger partial charge on any atom is -0.507 e. The number of oxazole rings is 1. The number of nitrogens with zero attached hydrogens (tertiary/aromatic N) is 1. The molecule has 0 unspecified atom stereocenters. The van der Waals surface area contributed by atoms with E-state index in [-0.39, 0.29) is 17.3 Å². The molecule has 0 atom stereocenters. The van der Waals surface area contributed by atoms with Crippen molar-refractivity contribution < 1.29 is 27.8 Å². The first kappa shape index (κ1) is 15.0. The molecule has 9 heteroatoms. The van der Waals surface area contributed by atoms with Gasteiger partial charge in [0.1, 0.15) is 17.1 Å². The van der Waals surface area contributed by atoms with Crippen molar-refractivity contribution in [1.82, 2.24) is 9.71 Å². The SMILES string of the molecule is Cc1cnc(CNS(=O)(=O)c2ccc(O)c(C(=O)O)c2)o1. The number of aromatic carboxylic acids is 1. The zero-order valence-corrected chi connectivity index (χ0v) is 11.7. The van der Waals surface area contributed by atoms with Crippen LogP contribution in [0.1, 0.15) is 22.0 Å². The number of carboxylic acid groups (broad SMARTS) is 1. The standard InChI is InChI=1S/C12H12N2O6S/c1-7-5-13-11(20-7)6-14-21(18,19)8-2-3-10(15)9(4-8)12(16)17/h2-5,14-15H,6H2,1H3,(H,16,17). The highest BCUT2D eigenvalue weighted by atomic mass is 32.2. The number of aromatic hydroxyl groups is 1. The van der Waals surface area contributed by atoms with Crippen molar-refractivity contribution in [2.24, 2.45) is 0 Å². The van der Waals surface area contributed by atoms with Crippen LogP contribution in [0.5, 0.6) is 5.75 Å². The first-order chi connectivity index (χ1) is 9.79. The summed E-state index contributed by atoms with van der Waals surface area (Å²) < 4.78 is 31.4. The fraction of sp³-hybridized carbons (Fsp3) is 0.167. The van der Waals surface area contributed by atoms with Gasteiger partial charge in [-0.3, -0.25) is 0 Å². The van der Waals surface area contributed by atoms with Crippen LogP contribution in [0.2, 0.25) is 0 Å². The van der Waals surface area contributed by atoms with Gasteiger partial charge < -0.3 is 14.6 Å². The lowest BCUT2D eigenvalue weighted by molar-refractivity contribution is 0.0693. The number of benzene rings is 1. The molecule has 112 valence electrons. The Kier molecular flexibility index (Phi) is 3.96. The topological polar surface area (TPSA) is 130 Å². The van der Waals surface area contributed by atoms with Gasteiger partial charge in [-0.25, -0.2) is 22.9 Å². The minimum atomic E-state index is -3.95. The molecule has 0 saturated carbocycles. The zero-order valence-electron chi connectivity index (χ0n) is 10.9. The van der Waals surface area contributed by atoms with E-state index in [0.717, 1.165) is 18.2 Å². The Morgan fingerprint density at radius 2 is 2.14 bits per heavy atom. The number of rotatable bonds is 5. The summed E-state index contributed by atoms with van der Waals surface area (Å²) in [5.41, 5.74) is -0.496. The molecule has 2 aromatic rings. The molecule has 0 saturated heterocycles. The van der Waals surface area contributed by atoms with Crippen LogP contribution in [0.15, 0.2) is 33.7 Å². The van der Waals surface area contributed by atoms with Gasteiger partial charge in [-0.2, -0.15) is 0 Å². The van der Waals surface area contributed by atoms with Crippen LogP contribution in [-0.2, 0) is 16.6 Å². The monoisotopic (exact) mass is 312 g/mol. The van der Waals surface area contributed by atoms with Crippen molar-refractivity contribution in [2.45, 2.75) is 18.4 Å². The third-order valence-electron chi connectivity index (χ3n) is 2.59. The fourth-order valence-corrected chi connectivity index (χ4v) is 2.58. The molecular weight excluding hydrogens is 300 g/mol. The van der Waals surface area contributed by atoms with Crippen LogP contribution in [0, 0.1) is 6.92 Å². The van der Waals surface area contributed by atoms with Crippen LogP contribution >= 0.6 is 0 Å². The zero-order chi connectivity index (χ0) is 15.6. The molecule has 1 heterocycles. The molecule has 1 aromatic heterocycles. The average Bonchev–Trinajstić information content (AvgIpc) is 2.82. The lowest BCUT2D eigenvalue weighted by Gasteiger charge is -2.07. The highest BCUT2D eigenvalue weighted by molar-refractivity contribution is 7.89. The van der Waals surface area contributed by atoms with E-state index in [1.54, 1.807) is 6.92 Å². The number of nitrogens with one attached hydrogen (secondary N) is 1. The summed E-state index contributed by atoms with van der Waals surface area (Å²) in [6, 6.07) is 2.99. The Balaban J connectivity index is 2.23. The normalized spacial score (nSPS) is 11.5. The summed E-state index contributed by atoms with van der Waals surface area (Å²) >= 11 is 0. The molecule has 0 aliphatic heterocycles. The van der Waals surface area contributed by atoms with Gasteiger partial charge in [0.15, 0.2) is 0 Å². The first-order valence-electron chi connectivity index (χ1n) is 5.77. The number of carbonyl (C=O) groups is 1. The van der Waals surface area contributed by atoms with E-state index in [9.17, 15) is 18.3 Å². The first-order valence-corrected chi connectivity index (χ1v) is 7.25. The van der Waals surface area contributed by atoms with Crippen LogP contribution in [0.25, 0.3) is 0 Å². The van der Waals surface area contributed by atoms with E-state index >= 15 is 0 Å². The molecule has 21 heavy (non-hydrogen) atoms. The second-order valence-corrected chi connectivity index (χ2v) is 5.94. The van der Waals surface area contributed by atoms with E-state index in [1.165, 1.54) is 6.20 Å². The quantitative estimate of drug-likeness (QED) is 0.746. The van der Waals surface area contributed by atoms with Crippen molar-refractivity contribution in [1.29, 1.82) is 0 Å². The van der Waals surface area contributed by atoms with Crippen molar-refractivity contribution >= 4 is 16.0 Å². The summed E-state index contributed by atoms with van der Waals surface area (Å²) in [6.45, 7) is 1.50. The lowest BCUT2D eigenvalue weighted by atomic mass is 10.2. The maximum atomic E-state index is 12.0. The summed E-state index contributed by atoms with van der Waals surface area (Å²) in [4.78, 5) is 14.5. The fourth-order valence-electron chi connectivity index (χ4n) is 1.58. The Bertz CT molecular complexity index is 781. The van der Waals surface area contributed by atoms with Gasteiger partial charge in [0.2, 0.25) is 15.9 Å². The Morgan fingerprint density at radius 3 is 2.71 bits per heavy atom. The molecule has 8 nitrogen and oxygen atoms in total. The number of sulfonamides is 1. The van der Waals surface area contributed by atoms with Gasteiger partial charge in [0.25, 0.3) is 0 Å². The Labute approximate surface area is 120 Å². The average molecular weight is 312 g/mol. The largest absolute Gasteiger partial charge is 0.507 e. The minimum absolute atomic E-state index is 0.167. The second-order valence-electron chi connectivity index (χ2n) is 4.17. The van der Waals surface area contributed by atoms with Crippen molar-refractivity contribution in [2.75, 3.05) is 0 Å². The van der Waals surface area contributed by atoms with Crippen LogP contribution in [0.3, 0.4) is 0 Å². The van der Waals surface area contributed by atoms with Gasteiger partial charge in [-0.05, 0) is 25.1 Å². The Morgan fingerprint density at radius 1 is 1.43 bits per heavy atom. The van der Waals surface area contributed by atoms with Crippen molar-refractivity contribution in [3.05, 3.63) is 41.6 Å². The number of hydrogen-bond acceptors (Lipinski definition) is 6. The molecule has 0 fully saturated rings. The van der Waals surface area contributed by atoms with Crippen molar-refractivity contribution in [3.63, 3.8) is 0 Å². The molecular formula is C12H12N2O6S. The predicted molar refractivity (Wildman–Crippen MR) is 70.3 cm³/mol. The molecule has 1 aromatic carbocycles. The van der Waals surface area contributed by atoms with Crippen molar-refractivity contribution in [3.8, 4) is 5.75 Å². The van der Waals surface area contributed by atoms with Crippen LogP contribution < -0.4 is 4.72 Å². The maximum absolute atomic E-state index is 12.0. The maximum Gasteiger partial charge on any atom is 0.339 e. The smallest absolute Gasteiger partial charge is 0.339 e. The van der Waals surface area contributed by atoms with E-state index in [4.69, 9.17) is 9.52 Å². The van der Waals surface area contributed by atoms with Crippen LogP contribution in [-0.4, -0.2) is 29.6 Å². The van der Waals surface area contributed by atoms with E-state index in [1.807, 2.05) is 0 Å². The number of aryl methyl sites for hydroxylation is 1. The van der Waals surface area contributed by atoms with E-state index in [0.29, 0.717) is 5.76 Å². The number of phenols is 1. The molecule has 0 amide bonds. The number of carboxylic acids is 1. The van der Waals surface area contributed by atoms with Gasteiger partial charge in [0.05, 0.1) is 17.6 Å². The van der Waals surface area contributed by atoms with Gasteiger partial charge >= 0.3 is 5.97 Å². The van der Waals surface area contributed by atoms with E-state index < -0.39 is 27.3 Å². The summed E-state index contributed by atoms with van der Waals surface area (Å²) in [7, 11) is -3.95. The highest BCUT2D eigenvalue weighted by Gasteiger charge is 2.19. The third-order valence-corrected chi connectivity index (χ3v) is 3.99. The molecule has 2 rings (SSSR count). The highest BCUT2D eigenvalue weighted by Crippen LogP contribution is 2.21. The molecule has 3 N–H and O–H groups in total. The molecule has 0 radical (unpaired) electrons. The second kappa shape index (κ2) is 5.54. The Hall–Kier alpha value is -2.39. The molecule has 0 aliphatic rings. The summed E-state index contributed by atoms with van der Waals surface area (Å²) in [5.74, 6) is -1.20. The van der Waals surface area contributed by atoms with Gasteiger partial charge in [0, 0.05) is 0 Å². The molecule has 0 bridgehead atoms. The van der Waals surface area contributed by atoms with Gasteiger partial charge in [-0.15, -0.1) is 0 Å². The summed E-state index contributed by atoms with van der Waals surface area (Å²) in [6.07, 6.45) is 1.45. The van der Waals surface area contributed by atoms with Crippen LogP contribution in [0.4, 0.5) is 0 Å². The van der Waals surface area contributed by atoms with E-state index in [2.05, 4.69) is 9.71 Å². The number of aromatic nitrogens is 1. The number of hydrogen-bond donors (Lipinski definition) is 3. The van der Waals surface area contributed by atoms with Gasteiger partial charge in [-0.1, -0.05) is 0 Å². The molecule has 0 spiro atoms. The summed E-state index contributed by atoms with van der Waals surface area (Å²) in [5, 5.41) is 18.2. The molecule has 0 aliphatic carbocycles. The third kappa shape index (κ3) is 3.38.